The lowest BCUT2D eigenvalue weighted by atomic mass is 10.2. The third kappa shape index (κ3) is 4.73. The molecule has 1 rings (SSSR count). The zero-order chi connectivity index (χ0) is 16.0. The van der Waals surface area contributed by atoms with E-state index >= 15 is 0 Å². The minimum Gasteiger partial charge on any atom is -0.352 e. The molecule has 6 heteroatoms. The van der Waals surface area contributed by atoms with Crippen molar-refractivity contribution in [2.45, 2.75) is 53.1 Å². The van der Waals surface area contributed by atoms with E-state index in [1.807, 2.05) is 13.8 Å². The molecule has 0 unspecified atom stereocenters. The van der Waals surface area contributed by atoms with E-state index in [0.29, 0.717) is 12.1 Å². The van der Waals surface area contributed by atoms with Crippen molar-refractivity contribution in [1.29, 1.82) is 0 Å². The maximum Gasteiger partial charge on any atom is 0.274 e. The average Bonchev–Trinajstić information content (AvgIpc) is 2.46. The smallest absolute Gasteiger partial charge is 0.274 e. The minimum atomic E-state index is -0.365. The quantitative estimate of drug-likeness (QED) is 0.832. The van der Waals surface area contributed by atoms with E-state index in [1.54, 1.807) is 26.0 Å². The summed E-state index contributed by atoms with van der Waals surface area (Å²) < 4.78 is 1.36. The predicted molar refractivity (Wildman–Crippen MR) is 82.3 cm³/mol. The maximum atomic E-state index is 12.3. The van der Waals surface area contributed by atoms with Crippen LogP contribution in [0.1, 0.15) is 39.3 Å². The van der Waals surface area contributed by atoms with Gasteiger partial charge < -0.3 is 15.2 Å². The summed E-state index contributed by atoms with van der Waals surface area (Å²) in [6, 6.07) is 3.34. The van der Waals surface area contributed by atoms with Crippen molar-refractivity contribution < 1.29 is 9.59 Å². The molecule has 1 atom stereocenters. The van der Waals surface area contributed by atoms with Gasteiger partial charge in [0, 0.05) is 18.2 Å². The molecule has 0 aliphatic heterocycles. The van der Waals surface area contributed by atoms with Crippen LogP contribution in [0.2, 0.25) is 0 Å². The number of carbonyl (C=O) groups is 2. The zero-order valence-electron chi connectivity index (χ0n) is 13.0. The first kappa shape index (κ1) is 16.9. The van der Waals surface area contributed by atoms with Crippen LogP contribution in [0, 0.1) is 6.92 Å². The Bertz CT molecular complexity index is 578. The number of pyridine rings is 1. The van der Waals surface area contributed by atoms with E-state index in [2.05, 4.69) is 10.6 Å². The van der Waals surface area contributed by atoms with E-state index in [1.165, 1.54) is 4.57 Å². The van der Waals surface area contributed by atoms with Gasteiger partial charge in [0.25, 0.3) is 5.56 Å². The maximum absolute atomic E-state index is 12.3. The Morgan fingerprint density at radius 3 is 2.48 bits per heavy atom. The van der Waals surface area contributed by atoms with Gasteiger partial charge in [-0.1, -0.05) is 13.8 Å². The number of anilines is 1. The van der Waals surface area contributed by atoms with E-state index in [-0.39, 0.29) is 35.6 Å². The van der Waals surface area contributed by atoms with Gasteiger partial charge in [-0.15, -0.1) is 0 Å². The summed E-state index contributed by atoms with van der Waals surface area (Å²) in [6.07, 6.45) is 1.12. The lowest BCUT2D eigenvalue weighted by molar-refractivity contribution is -0.122. The molecular formula is C15H23N3O3. The molecule has 0 aliphatic carbocycles. The molecule has 0 fully saturated rings. The van der Waals surface area contributed by atoms with Crippen molar-refractivity contribution in [3.63, 3.8) is 0 Å². The molecular weight excluding hydrogens is 270 g/mol. The second-order valence-corrected chi connectivity index (χ2v) is 5.06. The number of carbonyl (C=O) groups excluding carboxylic acids is 2. The Hall–Kier alpha value is -2.11. The SMILES string of the molecule is CCC(=O)Nc1ccc(C)n(CC(=O)N[C@@H](C)CC)c1=O. The lowest BCUT2D eigenvalue weighted by Gasteiger charge is -2.15. The number of rotatable bonds is 6. The fraction of sp³-hybridized carbons (Fsp3) is 0.533. The second-order valence-electron chi connectivity index (χ2n) is 5.06. The molecule has 0 spiro atoms. The fourth-order valence-corrected chi connectivity index (χ4v) is 1.77. The summed E-state index contributed by atoms with van der Waals surface area (Å²) in [5, 5.41) is 5.37. The van der Waals surface area contributed by atoms with Crippen molar-refractivity contribution >= 4 is 17.5 Å². The molecule has 0 saturated carbocycles. The standard InChI is InChI=1S/C15H23N3O3/c1-5-10(3)16-14(20)9-18-11(4)7-8-12(15(18)21)17-13(19)6-2/h7-8,10H,5-6,9H2,1-4H3,(H,16,20)(H,17,19)/t10-/m0/s1. The molecule has 21 heavy (non-hydrogen) atoms. The first-order valence-electron chi connectivity index (χ1n) is 7.18. The molecule has 2 N–H and O–H groups in total. The highest BCUT2D eigenvalue weighted by atomic mass is 16.2. The van der Waals surface area contributed by atoms with Crippen LogP contribution in [0.15, 0.2) is 16.9 Å². The summed E-state index contributed by atoms with van der Waals surface area (Å²) in [7, 11) is 0. The number of amides is 2. The molecule has 6 nitrogen and oxygen atoms in total. The molecule has 116 valence electrons. The zero-order valence-corrected chi connectivity index (χ0v) is 13.0. The minimum absolute atomic E-state index is 0.0508. The van der Waals surface area contributed by atoms with Crippen LogP contribution < -0.4 is 16.2 Å². The molecule has 0 radical (unpaired) electrons. The van der Waals surface area contributed by atoms with Crippen LogP contribution in [0.25, 0.3) is 0 Å². The van der Waals surface area contributed by atoms with Crippen molar-refractivity contribution in [1.82, 2.24) is 9.88 Å². The molecule has 2 amide bonds. The second kappa shape index (κ2) is 7.61. The normalized spacial score (nSPS) is 11.8. The Kier molecular flexibility index (Phi) is 6.14. The van der Waals surface area contributed by atoms with Crippen molar-refractivity contribution in [2.75, 3.05) is 5.32 Å². The third-order valence-corrected chi connectivity index (χ3v) is 3.31. The first-order valence-corrected chi connectivity index (χ1v) is 7.18. The van der Waals surface area contributed by atoms with E-state index in [0.717, 1.165) is 6.42 Å². The van der Waals surface area contributed by atoms with Crippen molar-refractivity contribution in [2.24, 2.45) is 0 Å². The summed E-state index contributed by atoms with van der Waals surface area (Å²) in [4.78, 5) is 35.6. The number of nitrogens with one attached hydrogen (secondary N) is 2. The van der Waals surface area contributed by atoms with Crippen molar-refractivity contribution in [3.8, 4) is 0 Å². The van der Waals surface area contributed by atoms with Gasteiger partial charge >= 0.3 is 0 Å². The number of hydrogen-bond acceptors (Lipinski definition) is 3. The molecule has 1 aromatic rings. The summed E-state index contributed by atoms with van der Waals surface area (Å²) >= 11 is 0. The molecule has 0 aromatic carbocycles. The Morgan fingerprint density at radius 1 is 1.24 bits per heavy atom. The molecule has 1 heterocycles. The number of hydrogen-bond donors (Lipinski definition) is 2. The fourth-order valence-electron chi connectivity index (χ4n) is 1.77. The number of aromatic nitrogens is 1. The average molecular weight is 293 g/mol. The van der Waals surface area contributed by atoms with Gasteiger partial charge in [-0.3, -0.25) is 14.4 Å². The predicted octanol–water partition coefficient (Wildman–Crippen LogP) is 1.42. The van der Waals surface area contributed by atoms with Gasteiger partial charge in [0.2, 0.25) is 11.8 Å². The van der Waals surface area contributed by atoms with Gasteiger partial charge in [-0.25, -0.2) is 0 Å². The van der Waals surface area contributed by atoms with Crippen LogP contribution in [0.5, 0.6) is 0 Å². The summed E-state index contributed by atoms with van der Waals surface area (Å²) in [5.41, 5.74) is 0.508. The highest BCUT2D eigenvalue weighted by Crippen LogP contribution is 2.04. The molecule has 0 bridgehead atoms. The highest BCUT2D eigenvalue weighted by molar-refractivity contribution is 5.90. The molecule has 0 saturated heterocycles. The lowest BCUT2D eigenvalue weighted by Crippen LogP contribution is -2.38. The van der Waals surface area contributed by atoms with E-state index in [9.17, 15) is 14.4 Å². The van der Waals surface area contributed by atoms with Gasteiger partial charge in [0.15, 0.2) is 0 Å². The monoisotopic (exact) mass is 293 g/mol. The van der Waals surface area contributed by atoms with Gasteiger partial charge in [-0.05, 0) is 32.4 Å². The van der Waals surface area contributed by atoms with Gasteiger partial charge in [0.05, 0.1) is 0 Å². The molecule has 0 aliphatic rings. The number of nitrogens with zero attached hydrogens (tertiary/aromatic N) is 1. The van der Waals surface area contributed by atoms with Gasteiger partial charge in [-0.2, -0.15) is 0 Å². The summed E-state index contributed by atoms with van der Waals surface area (Å²) in [5.74, 6) is -0.444. The molecule has 1 aromatic heterocycles. The Labute approximate surface area is 124 Å². The van der Waals surface area contributed by atoms with Crippen LogP contribution in [-0.4, -0.2) is 22.4 Å². The number of aryl methyl sites for hydroxylation is 1. The van der Waals surface area contributed by atoms with E-state index < -0.39 is 0 Å². The van der Waals surface area contributed by atoms with Crippen LogP contribution in [0.3, 0.4) is 0 Å². The van der Waals surface area contributed by atoms with Crippen molar-refractivity contribution in [3.05, 3.63) is 28.2 Å². The van der Waals surface area contributed by atoms with E-state index in [4.69, 9.17) is 0 Å². The summed E-state index contributed by atoms with van der Waals surface area (Å²) in [6.45, 7) is 7.30. The first-order chi connectivity index (χ1) is 9.88. The third-order valence-electron chi connectivity index (χ3n) is 3.31. The van der Waals surface area contributed by atoms with Crippen LogP contribution in [-0.2, 0) is 16.1 Å². The van der Waals surface area contributed by atoms with Crippen LogP contribution >= 0.6 is 0 Å². The highest BCUT2D eigenvalue weighted by Gasteiger charge is 2.12. The van der Waals surface area contributed by atoms with Gasteiger partial charge in [0.1, 0.15) is 12.2 Å². The van der Waals surface area contributed by atoms with Crippen LogP contribution in [0.4, 0.5) is 5.69 Å². The topological polar surface area (TPSA) is 80.2 Å². The Morgan fingerprint density at radius 2 is 1.90 bits per heavy atom. The largest absolute Gasteiger partial charge is 0.352 e. The Balaban J connectivity index is 2.96.